The van der Waals surface area contributed by atoms with E-state index < -0.39 is 4.92 Å². The molecule has 28 heavy (non-hydrogen) atoms. The van der Waals surface area contributed by atoms with Gasteiger partial charge in [-0.25, -0.2) is 0 Å². The topological polar surface area (TPSA) is 86.3 Å². The van der Waals surface area contributed by atoms with Gasteiger partial charge in [0, 0.05) is 31.0 Å². The van der Waals surface area contributed by atoms with Gasteiger partial charge in [-0.05, 0) is 37.7 Å². The lowest BCUT2D eigenvalue weighted by Gasteiger charge is -2.31. The molecule has 2 heterocycles. The number of hydrogen-bond acceptors (Lipinski definition) is 7. The average molecular weight is 404 g/mol. The number of thioether (sulfide) groups is 1. The summed E-state index contributed by atoms with van der Waals surface area (Å²) in [6.45, 7) is 4.76. The lowest BCUT2D eigenvalue weighted by Crippen LogP contribution is -2.34. The molecule has 9 heteroatoms. The minimum Gasteiger partial charge on any atom is -0.486 e. The van der Waals surface area contributed by atoms with Crippen molar-refractivity contribution in [3.05, 3.63) is 34.4 Å². The van der Waals surface area contributed by atoms with Gasteiger partial charge < -0.3 is 9.64 Å². The van der Waals surface area contributed by atoms with Gasteiger partial charge in [0.15, 0.2) is 10.9 Å². The first-order valence-corrected chi connectivity index (χ1v) is 10.8. The van der Waals surface area contributed by atoms with E-state index in [1.807, 2.05) is 0 Å². The van der Waals surface area contributed by atoms with Crippen molar-refractivity contribution in [3.63, 3.8) is 0 Å². The van der Waals surface area contributed by atoms with E-state index in [1.165, 1.54) is 31.7 Å². The lowest BCUT2D eigenvalue weighted by molar-refractivity contribution is -0.385. The fraction of sp³-hybridized carbons (Fsp3) is 0.579. The van der Waals surface area contributed by atoms with Crippen LogP contribution in [0.5, 0.6) is 5.75 Å². The summed E-state index contributed by atoms with van der Waals surface area (Å²) < 4.78 is 7.92. The Bertz CT molecular complexity index is 831. The molecule has 8 nitrogen and oxygen atoms in total. The molecule has 0 radical (unpaired) electrons. The minimum absolute atomic E-state index is 0.00439. The van der Waals surface area contributed by atoms with Crippen LogP contribution in [0, 0.1) is 16.0 Å². The van der Waals surface area contributed by atoms with Gasteiger partial charge in [-0.2, -0.15) is 0 Å². The molecule has 0 bridgehead atoms. The molecule has 1 saturated heterocycles. The van der Waals surface area contributed by atoms with Crippen LogP contribution in [-0.2, 0) is 0 Å². The third-order valence-corrected chi connectivity index (χ3v) is 6.17. The summed E-state index contributed by atoms with van der Waals surface area (Å²) >= 11 is 1.60. The summed E-state index contributed by atoms with van der Waals surface area (Å²) in [6.07, 6.45) is 4.75. The highest BCUT2D eigenvalue weighted by molar-refractivity contribution is 7.99. The molecule has 0 unspecified atom stereocenters. The van der Waals surface area contributed by atoms with Crippen LogP contribution in [0.3, 0.4) is 0 Å². The van der Waals surface area contributed by atoms with E-state index in [9.17, 15) is 10.1 Å². The Balaban J connectivity index is 1.37. The van der Waals surface area contributed by atoms with Crippen molar-refractivity contribution in [1.29, 1.82) is 0 Å². The summed E-state index contributed by atoms with van der Waals surface area (Å²) in [5, 5.41) is 20.9. The van der Waals surface area contributed by atoms with E-state index >= 15 is 0 Å². The summed E-state index contributed by atoms with van der Waals surface area (Å²) in [4.78, 5) is 13.0. The maximum atomic E-state index is 11.1. The number of nitro groups is 1. The Labute approximate surface area is 168 Å². The van der Waals surface area contributed by atoms with Crippen molar-refractivity contribution in [2.45, 2.75) is 43.8 Å². The van der Waals surface area contributed by atoms with Gasteiger partial charge in [0.2, 0.25) is 5.95 Å². The highest BCUT2D eigenvalue weighted by Gasteiger charge is 2.32. The Morgan fingerprint density at radius 3 is 2.68 bits per heavy atom. The van der Waals surface area contributed by atoms with E-state index in [0.29, 0.717) is 24.2 Å². The molecule has 2 fully saturated rings. The number of nitro benzene ring substituents is 1. The lowest BCUT2D eigenvalue weighted by atomic mass is 10.00. The van der Waals surface area contributed by atoms with E-state index in [1.54, 1.807) is 30.0 Å². The predicted octanol–water partition coefficient (Wildman–Crippen LogP) is 3.93. The fourth-order valence-electron chi connectivity index (χ4n) is 3.46. The second-order valence-electron chi connectivity index (χ2n) is 7.48. The van der Waals surface area contributed by atoms with E-state index in [4.69, 9.17) is 4.74 Å². The third-order valence-electron chi connectivity index (χ3n) is 5.26. The molecule has 0 amide bonds. The molecular weight excluding hydrogens is 378 g/mol. The number of ether oxygens (including phenoxy) is 1. The van der Waals surface area contributed by atoms with Crippen molar-refractivity contribution < 1.29 is 9.66 Å². The second kappa shape index (κ2) is 8.38. The molecule has 4 rings (SSSR count). The van der Waals surface area contributed by atoms with Gasteiger partial charge in [-0.3, -0.25) is 14.7 Å². The van der Waals surface area contributed by atoms with Crippen molar-refractivity contribution in [3.8, 4) is 5.75 Å². The van der Waals surface area contributed by atoms with Gasteiger partial charge in [-0.15, -0.1) is 10.2 Å². The maximum absolute atomic E-state index is 11.1. The Morgan fingerprint density at radius 1 is 1.21 bits per heavy atom. The second-order valence-corrected chi connectivity index (χ2v) is 8.54. The quantitative estimate of drug-likeness (QED) is 0.286. The molecule has 0 N–H and O–H groups in total. The van der Waals surface area contributed by atoms with Gasteiger partial charge in [0.25, 0.3) is 0 Å². The monoisotopic (exact) mass is 403 g/mol. The molecule has 2 aliphatic rings. The smallest absolute Gasteiger partial charge is 0.310 e. The SMILES string of the molecule is CC1CCN(c2nnc(SCCOc3ccccc3[N+](=O)[O-])n2C2CC2)CC1. The maximum Gasteiger partial charge on any atom is 0.310 e. The van der Waals surface area contributed by atoms with Crippen molar-refractivity contribution in [1.82, 2.24) is 14.8 Å². The van der Waals surface area contributed by atoms with Crippen LogP contribution < -0.4 is 9.64 Å². The Morgan fingerprint density at radius 2 is 1.96 bits per heavy atom. The molecule has 2 aromatic rings. The fourth-order valence-corrected chi connectivity index (χ4v) is 4.28. The average Bonchev–Trinajstić information content (AvgIpc) is 3.45. The highest BCUT2D eigenvalue weighted by atomic mass is 32.2. The number of rotatable bonds is 8. The molecule has 1 aromatic heterocycles. The van der Waals surface area contributed by atoms with Gasteiger partial charge in [0.1, 0.15) is 0 Å². The zero-order chi connectivity index (χ0) is 19.5. The normalized spacial score (nSPS) is 17.7. The number of anilines is 1. The molecule has 1 aliphatic carbocycles. The van der Waals surface area contributed by atoms with Crippen molar-refractivity contribution in [2.24, 2.45) is 5.92 Å². The summed E-state index contributed by atoms with van der Waals surface area (Å²) in [7, 11) is 0. The molecule has 0 spiro atoms. The molecule has 1 aromatic carbocycles. The molecule has 1 saturated carbocycles. The summed E-state index contributed by atoms with van der Waals surface area (Å²) in [5.74, 6) is 2.74. The number of benzene rings is 1. The van der Waals surface area contributed by atoms with Crippen molar-refractivity contribution >= 4 is 23.4 Å². The van der Waals surface area contributed by atoms with Crippen molar-refractivity contribution in [2.75, 3.05) is 30.3 Å². The minimum atomic E-state index is -0.419. The van der Waals surface area contributed by atoms with Crippen LogP contribution >= 0.6 is 11.8 Å². The van der Waals surface area contributed by atoms with Gasteiger partial charge in [-0.1, -0.05) is 30.8 Å². The first-order chi connectivity index (χ1) is 13.6. The molecule has 0 atom stereocenters. The zero-order valence-corrected chi connectivity index (χ0v) is 16.8. The number of hydrogen-bond donors (Lipinski definition) is 0. The van der Waals surface area contributed by atoms with Crippen LogP contribution in [0.2, 0.25) is 0 Å². The Hall–Kier alpha value is -2.29. The standard InChI is InChI=1S/C19H25N5O3S/c1-14-8-10-22(11-9-14)18-20-21-19(23(18)15-6-7-15)28-13-12-27-17-5-3-2-4-16(17)24(25)26/h2-5,14-15H,6-13H2,1H3. The molecule has 1 aliphatic heterocycles. The number of piperidine rings is 1. The molecular formula is C19H25N5O3S. The van der Waals surface area contributed by atoms with Crippen LogP contribution in [0.4, 0.5) is 11.6 Å². The third kappa shape index (κ3) is 4.24. The van der Waals surface area contributed by atoms with Crippen LogP contribution in [0.15, 0.2) is 29.4 Å². The molecule has 150 valence electrons. The number of para-hydroxylation sites is 2. The number of aromatic nitrogens is 3. The van der Waals surface area contributed by atoms with Crippen LogP contribution in [0.25, 0.3) is 0 Å². The first kappa shape index (κ1) is 19.0. The highest BCUT2D eigenvalue weighted by Crippen LogP contribution is 2.41. The zero-order valence-electron chi connectivity index (χ0n) is 16.0. The first-order valence-electron chi connectivity index (χ1n) is 9.82. The van der Waals surface area contributed by atoms with E-state index in [2.05, 4.69) is 26.6 Å². The summed E-state index contributed by atoms with van der Waals surface area (Å²) in [6, 6.07) is 6.97. The van der Waals surface area contributed by atoms with Crippen LogP contribution in [-0.4, -0.2) is 45.1 Å². The van der Waals surface area contributed by atoms with Crippen LogP contribution in [0.1, 0.15) is 38.6 Å². The predicted molar refractivity (Wildman–Crippen MR) is 108 cm³/mol. The van der Waals surface area contributed by atoms with E-state index in [0.717, 1.165) is 30.1 Å². The number of nitrogens with zero attached hydrogens (tertiary/aromatic N) is 5. The van der Waals surface area contributed by atoms with E-state index in [-0.39, 0.29) is 5.69 Å². The largest absolute Gasteiger partial charge is 0.486 e. The van der Waals surface area contributed by atoms with Gasteiger partial charge >= 0.3 is 5.69 Å². The summed E-state index contributed by atoms with van der Waals surface area (Å²) in [5.41, 5.74) is -0.00439. The Kier molecular flexibility index (Phi) is 5.70. The van der Waals surface area contributed by atoms with Gasteiger partial charge in [0.05, 0.1) is 11.5 Å².